The van der Waals surface area contributed by atoms with Crippen LogP contribution in [0, 0.1) is 5.92 Å². The van der Waals surface area contributed by atoms with E-state index < -0.39 is 0 Å². The van der Waals surface area contributed by atoms with Gasteiger partial charge in [0.15, 0.2) is 0 Å². The monoisotopic (exact) mass is 188 g/mol. The average Bonchev–Trinajstić information content (AvgIpc) is 2.12. The number of rotatable bonds is 7. The molecule has 78 valence electrons. The Hall–Kier alpha value is -0.610. The number of carbonyl (C=O) groups is 1. The van der Waals surface area contributed by atoms with E-state index in [1.165, 1.54) is 0 Å². The minimum atomic E-state index is 0.0772. The molecule has 0 aromatic rings. The minimum absolute atomic E-state index is 0.0772. The lowest BCUT2D eigenvalue weighted by Gasteiger charge is -2.10. The van der Waals surface area contributed by atoms with E-state index in [-0.39, 0.29) is 5.91 Å². The molecule has 0 spiro atoms. The van der Waals surface area contributed by atoms with Crippen molar-refractivity contribution in [3.63, 3.8) is 0 Å². The standard InChI is InChI=1S/C9H20N2O2/c1-8(7-13-2)6-11-9(12)4-3-5-10/h8H,3-7,10H2,1-2H3,(H,11,12). The summed E-state index contributed by atoms with van der Waals surface area (Å²) in [7, 11) is 1.66. The topological polar surface area (TPSA) is 64.3 Å². The van der Waals surface area contributed by atoms with Gasteiger partial charge < -0.3 is 15.8 Å². The summed E-state index contributed by atoms with van der Waals surface area (Å²) in [6, 6.07) is 0. The van der Waals surface area contributed by atoms with Crippen molar-refractivity contribution in [2.45, 2.75) is 19.8 Å². The van der Waals surface area contributed by atoms with Gasteiger partial charge in [-0.1, -0.05) is 6.92 Å². The number of hydrogen-bond acceptors (Lipinski definition) is 3. The summed E-state index contributed by atoms with van der Waals surface area (Å²) >= 11 is 0. The van der Waals surface area contributed by atoms with Crippen LogP contribution in [0.4, 0.5) is 0 Å². The van der Waals surface area contributed by atoms with Gasteiger partial charge in [0.25, 0.3) is 0 Å². The molecule has 1 amide bonds. The second-order valence-electron chi connectivity index (χ2n) is 3.26. The SMILES string of the molecule is COCC(C)CNC(=O)CCCN. The van der Waals surface area contributed by atoms with E-state index in [0.29, 0.717) is 32.0 Å². The van der Waals surface area contributed by atoms with Gasteiger partial charge in [-0.05, 0) is 18.9 Å². The minimum Gasteiger partial charge on any atom is -0.384 e. The van der Waals surface area contributed by atoms with Gasteiger partial charge in [-0.3, -0.25) is 4.79 Å². The molecule has 1 atom stereocenters. The number of methoxy groups -OCH3 is 1. The maximum Gasteiger partial charge on any atom is 0.220 e. The van der Waals surface area contributed by atoms with Crippen LogP contribution in [0.3, 0.4) is 0 Å². The molecule has 0 aliphatic rings. The molecule has 0 saturated heterocycles. The Labute approximate surface area is 79.8 Å². The molecular weight excluding hydrogens is 168 g/mol. The Balaban J connectivity index is 3.34. The average molecular weight is 188 g/mol. The molecule has 0 aromatic carbocycles. The maximum absolute atomic E-state index is 11.1. The molecule has 0 bridgehead atoms. The van der Waals surface area contributed by atoms with E-state index >= 15 is 0 Å². The van der Waals surface area contributed by atoms with Crippen LogP contribution in [-0.2, 0) is 9.53 Å². The van der Waals surface area contributed by atoms with Crippen molar-refractivity contribution in [2.24, 2.45) is 11.7 Å². The Bertz CT molecular complexity index is 140. The van der Waals surface area contributed by atoms with Crippen molar-refractivity contribution in [3.8, 4) is 0 Å². The van der Waals surface area contributed by atoms with Crippen LogP contribution in [0.1, 0.15) is 19.8 Å². The zero-order valence-electron chi connectivity index (χ0n) is 8.51. The largest absolute Gasteiger partial charge is 0.384 e. The van der Waals surface area contributed by atoms with Crippen molar-refractivity contribution in [3.05, 3.63) is 0 Å². The Morgan fingerprint density at radius 2 is 2.31 bits per heavy atom. The van der Waals surface area contributed by atoms with Gasteiger partial charge >= 0.3 is 0 Å². The maximum atomic E-state index is 11.1. The molecule has 4 nitrogen and oxygen atoms in total. The van der Waals surface area contributed by atoms with E-state index in [4.69, 9.17) is 10.5 Å². The zero-order chi connectivity index (χ0) is 10.1. The van der Waals surface area contributed by atoms with Gasteiger partial charge in [-0.25, -0.2) is 0 Å². The van der Waals surface area contributed by atoms with Gasteiger partial charge in [-0.15, -0.1) is 0 Å². The summed E-state index contributed by atoms with van der Waals surface area (Å²) in [6.45, 7) is 3.96. The summed E-state index contributed by atoms with van der Waals surface area (Å²) in [6.07, 6.45) is 1.28. The predicted molar refractivity (Wildman–Crippen MR) is 52.3 cm³/mol. The number of amides is 1. The van der Waals surface area contributed by atoms with Crippen molar-refractivity contribution in [2.75, 3.05) is 26.8 Å². The zero-order valence-corrected chi connectivity index (χ0v) is 8.51. The highest BCUT2D eigenvalue weighted by Crippen LogP contribution is 1.93. The van der Waals surface area contributed by atoms with E-state index in [1.807, 2.05) is 6.92 Å². The summed E-state index contributed by atoms with van der Waals surface area (Å²) in [4.78, 5) is 11.1. The number of ether oxygens (including phenoxy) is 1. The third kappa shape index (κ3) is 7.74. The molecule has 0 aliphatic carbocycles. The highest BCUT2D eigenvalue weighted by Gasteiger charge is 2.04. The quantitative estimate of drug-likeness (QED) is 0.596. The fraction of sp³-hybridized carbons (Fsp3) is 0.889. The number of nitrogens with two attached hydrogens (primary N) is 1. The van der Waals surface area contributed by atoms with E-state index in [0.717, 1.165) is 6.42 Å². The lowest BCUT2D eigenvalue weighted by molar-refractivity contribution is -0.121. The van der Waals surface area contributed by atoms with Crippen molar-refractivity contribution in [1.82, 2.24) is 5.32 Å². The first kappa shape index (κ1) is 12.4. The first-order valence-electron chi connectivity index (χ1n) is 4.66. The fourth-order valence-corrected chi connectivity index (χ4v) is 0.983. The van der Waals surface area contributed by atoms with Gasteiger partial charge in [0, 0.05) is 20.1 Å². The molecule has 0 aromatic heterocycles. The molecule has 0 heterocycles. The molecule has 0 aliphatic heterocycles. The molecule has 4 heteroatoms. The fourth-order valence-electron chi connectivity index (χ4n) is 0.983. The highest BCUT2D eigenvalue weighted by molar-refractivity contribution is 5.75. The second kappa shape index (κ2) is 8.01. The third-order valence-electron chi connectivity index (χ3n) is 1.71. The van der Waals surface area contributed by atoms with Crippen LogP contribution >= 0.6 is 0 Å². The second-order valence-corrected chi connectivity index (χ2v) is 3.26. The summed E-state index contributed by atoms with van der Waals surface area (Å²) in [5, 5.41) is 2.83. The van der Waals surface area contributed by atoms with Crippen molar-refractivity contribution >= 4 is 5.91 Å². The first-order chi connectivity index (χ1) is 6.20. The van der Waals surface area contributed by atoms with E-state index in [1.54, 1.807) is 7.11 Å². The smallest absolute Gasteiger partial charge is 0.220 e. The van der Waals surface area contributed by atoms with Crippen LogP contribution in [0.15, 0.2) is 0 Å². The number of nitrogens with one attached hydrogen (secondary N) is 1. The van der Waals surface area contributed by atoms with Crippen LogP contribution in [-0.4, -0.2) is 32.7 Å². The normalized spacial score (nSPS) is 12.5. The molecule has 3 N–H and O–H groups in total. The van der Waals surface area contributed by atoms with Gasteiger partial charge in [-0.2, -0.15) is 0 Å². The van der Waals surface area contributed by atoms with E-state index in [9.17, 15) is 4.79 Å². The molecule has 0 rings (SSSR count). The summed E-state index contributed by atoms with van der Waals surface area (Å²) < 4.78 is 4.95. The van der Waals surface area contributed by atoms with Crippen LogP contribution < -0.4 is 11.1 Å². The van der Waals surface area contributed by atoms with Crippen molar-refractivity contribution < 1.29 is 9.53 Å². The molecular formula is C9H20N2O2. The molecule has 13 heavy (non-hydrogen) atoms. The Morgan fingerprint density at radius 1 is 1.62 bits per heavy atom. The Kier molecular flexibility index (Phi) is 7.63. The van der Waals surface area contributed by atoms with E-state index in [2.05, 4.69) is 5.32 Å². The third-order valence-corrected chi connectivity index (χ3v) is 1.71. The van der Waals surface area contributed by atoms with Gasteiger partial charge in [0.1, 0.15) is 0 Å². The van der Waals surface area contributed by atoms with Gasteiger partial charge in [0.2, 0.25) is 5.91 Å². The number of carbonyl (C=O) groups excluding carboxylic acids is 1. The molecule has 0 fully saturated rings. The summed E-state index contributed by atoms with van der Waals surface area (Å²) in [5.41, 5.74) is 5.28. The molecule has 0 radical (unpaired) electrons. The molecule has 1 unspecified atom stereocenters. The Morgan fingerprint density at radius 3 is 2.85 bits per heavy atom. The predicted octanol–water partition coefficient (Wildman–Crippen LogP) is 0.124. The number of hydrogen-bond donors (Lipinski definition) is 2. The van der Waals surface area contributed by atoms with Crippen molar-refractivity contribution in [1.29, 1.82) is 0 Å². The van der Waals surface area contributed by atoms with Crippen LogP contribution in [0.2, 0.25) is 0 Å². The lowest BCUT2D eigenvalue weighted by Crippen LogP contribution is -2.30. The molecule has 0 saturated carbocycles. The van der Waals surface area contributed by atoms with Crippen LogP contribution in [0.5, 0.6) is 0 Å². The lowest BCUT2D eigenvalue weighted by atomic mass is 10.2. The van der Waals surface area contributed by atoms with Crippen LogP contribution in [0.25, 0.3) is 0 Å². The summed E-state index contributed by atoms with van der Waals surface area (Å²) in [5.74, 6) is 0.445. The van der Waals surface area contributed by atoms with Gasteiger partial charge in [0.05, 0.1) is 6.61 Å². The first-order valence-corrected chi connectivity index (χ1v) is 4.66. The highest BCUT2D eigenvalue weighted by atomic mass is 16.5.